The van der Waals surface area contributed by atoms with Crippen LogP contribution in [-0.4, -0.2) is 27.2 Å². The number of nitrogens with zero attached hydrogens (tertiary/aromatic N) is 3. The number of aryl methyl sites for hydroxylation is 1. The second-order valence-corrected chi connectivity index (χ2v) is 5.95. The van der Waals surface area contributed by atoms with Gasteiger partial charge < -0.3 is 4.74 Å². The molecule has 1 heterocycles. The van der Waals surface area contributed by atoms with Crippen LogP contribution in [0.4, 0.5) is 0 Å². The Kier molecular flexibility index (Phi) is 5.30. The Hall–Kier alpha value is -1.47. The van der Waals surface area contributed by atoms with Gasteiger partial charge in [-0.25, -0.2) is 0 Å². The van der Waals surface area contributed by atoms with Gasteiger partial charge in [0.1, 0.15) is 5.75 Å². The van der Waals surface area contributed by atoms with Crippen LogP contribution in [0.5, 0.6) is 5.75 Å². The van der Waals surface area contributed by atoms with E-state index in [0.717, 1.165) is 28.0 Å². The summed E-state index contributed by atoms with van der Waals surface area (Å²) in [5.41, 5.74) is 0.947. The second-order valence-electron chi connectivity index (χ2n) is 4.71. The molecular weight excluding hydrogens is 352 g/mol. The summed E-state index contributed by atoms with van der Waals surface area (Å²) in [4.78, 5) is 0. The maximum atomic E-state index is 5.68. The molecule has 0 radical (unpaired) electrons. The maximum absolute atomic E-state index is 5.68. The summed E-state index contributed by atoms with van der Waals surface area (Å²) in [7, 11) is 0. The number of aromatic nitrogens is 3. The first kappa shape index (κ1) is 15.9. The third-order valence-corrected chi connectivity index (χ3v) is 3.56. The molecule has 2 rings (SSSR count). The average molecular weight is 369 g/mol. The van der Waals surface area contributed by atoms with Crippen molar-refractivity contribution in [2.24, 2.45) is 5.10 Å². The van der Waals surface area contributed by atoms with Crippen LogP contribution in [0.1, 0.15) is 32.2 Å². The Bertz CT molecular complexity index is 705. The molecule has 0 unspecified atom stereocenters. The van der Waals surface area contributed by atoms with Crippen LogP contribution < -0.4 is 4.74 Å². The third kappa shape index (κ3) is 4.01. The topological polar surface area (TPSA) is 55.2 Å². The molecule has 1 aromatic carbocycles. The standard InChI is InChI=1S/C14H17BrN4OS/c1-4-13-17-18-14(21)19(13)16-8-10-5-6-12(11(15)7-10)20-9(2)3/h5-9H,4H2,1-3H3,(H,18,21)/b16-8-. The van der Waals surface area contributed by atoms with Gasteiger partial charge in [-0.3, -0.25) is 5.10 Å². The molecule has 1 N–H and O–H groups in total. The van der Waals surface area contributed by atoms with Crippen LogP contribution in [0.15, 0.2) is 27.8 Å². The van der Waals surface area contributed by atoms with Gasteiger partial charge in [0.25, 0.3) is 0 Å². The van der Waals surface area contributed by atoms with Crippen molar-refractivity contribution in [2.75, 3.05) is 0 Å². The molecule has 21 heavy (non-hydrogen) atoms. The van der Waals surface area contributed by atoms with Crippen molar-refractivity contribution >= 4 is 34.4 Å². The predicted octanol–water partition coefficient (Wildman–Crippen LogP) is 3.93. The average Bonchev–Trinajstić information content (AvgIpc) is 2.79. The summed E-state index contributed by atoms with van der Waals surface area (Å²) in [5.74, 6) is 1.62. The molecule has 0 amide bonds. The van der Waals surface area contributed by atoms with E-state index in [9.17, 15) is 0 Å². The van der Waals surface area contributed by atoms with E-state index in [1.165, 1.54) is 0 Å². The highest BCUT2D eigenvalue weighted by molar-refractivity contribution is 9.10. The van der Waals surface area contributed by atoms with Gasteiger partial charge in [-0.2, -0.15) is 14.9 Å². The molecule has 0 saturated heterocycles. The van der Waals surface area contributed by atoms with Crippen molar-refractivity contribution in [3.63, 3.8) is 0 Å². The fourth-order valence-electron chi connectivity index (χ4n) is 1.74. The largest absolute Gasteiger partial charge is 0.490 e. The lowest BCUT2D eigenvalue weighted by molar-refractivity contribution is 0.241. The summed E-state index contributed by atoms with van der Waals surface area (Å²) in [6.07, 6.45) is 2.64. The molecule has 7 heteroatoms. The molecule has 0 atom stereocenters. The molecule has 0 spiro atoms. The Labute approximate surface area is 137 Å². The van der Waals surface area contributed by atoms with Crippen molar-refractivity contribution in [2.45, 2.75) is 33.3 Å². The molecule has 2 aromatic rings. The van der Waals surface area contributed by atoms with Gasteiger partial charge in [0.15, 0.2) is 5.82 Å². The van der Waals surface area contributed by atoms with E-state index in [-0.39, 0.29) is 6.10 Å². The smallest absolute Gasteiger partial charge is 0.216 e. The Morgan fingerprint density at radius 3 is 2.90 bits per heavy atom. The summed E-state index contributed by atoms with van der Waals surface area (Å²) in [6, 6.07) is 5.82. The molecule has 0 aliphatic rings. The number of aromatic amines is 1. The summed E-state index contributed by atoms with van der Waals surface area (Å²) >= 11 is 8.65. The number of hydrogen-bond donors (Lipinski definition) is 1. The normalized spacial score (nSPS) is 11.5. The quantitative estimate of drug-likeness (QED) is 0.642. The minimum absolute atomic E-state index is 0.136. The van der Waals surface area contributed by atoms with Gasteiger partial charge >= 0.3 is 0 Å². The van der Waals surface area contributed by atoms with E-state index in [0.29, 0.717) is 4.77 Å². The van der Waals surface area contributed by atoms with Gasteiger partial charge in [0.05, 0.1) is 16.8 Å². The first-order chi connectivity index (χ1) is 10.0. The first-order valence-electron chi connectivity index (χ1n) is 6.68. The minimum atomic E-state index is 0.136. The monoisotopic (exact) mass is 368 g/mol. The van der Waals surface area contributed by atoms with Crippen molar-refractivity contribution in [1.29, 1.82) is 0 Å². The van der Waals surface area contributed by atoms with Crippen LogP contribution in [0, 0.1) is 4.77 Å². The fourth-order valence-corrected chi connectivity index (χ4v) is 2.43. The van der Waals surface area contributed by atoms with E-state index in [1.54, 1.807) is 10.9 Å². The number of H-pyrrole nitrogens is 1. The molecule has 0 aliphatic carbocycles. The Morgan fingerprint density at radius 1 is 1.52 bits per heavy atom. The van der Waals surface area contributed by atoms with E-state index < -0.39 is 0 Å². The predicted molar refractivity (Wildman–Crippen MR) is 89.7 cm³/mol. The first-order valence-corrected chi connectivity index (χ1v) is 7.88. The van der Waals surface area contributed by atoms with Crippen molar-refractivity contribution < 1.29 is 4.74 Å². The number of ether oxygens (including phenoxy) is 1. The SMILES string of the molecule is CCc1n[nH]c(=S)n1/N=C\c1ccc(OC(C)C)c(Br)c1. The van der Waals surface area contributed by atoms with E-state index in [1.807, 2.05) is 39.0 Å². The molecule has 0 fully saturated rings. The fraction of sp³-hybridized carbons (Fsp3) is 0.357. The highest BCUT2D eigenvalue weighted by Gasteiger charge is 2.05. The van der Waals surface area contributed by atoms with Crippen LogP contribution in [0.2, 0.25) is 0 Å². The number of nitrogens with one attached hydrogen (secondary N) is 1. The van der Waals surface area contributed by atoms with Crippen LogP contribution in [0.25, 0.3) is 0 Å². The van der Waals surface area contributed by atoms with Crippen molar-refractivity contribution in [1.82, 2.24) is 14.9 Å². The van der Waals surface area contributed by atoms with Gasteiger partial charge in [-0.1, -0.05) is 6.92 Å². The van der Waals surface area contributed by atoms with Gasteiger partial charge in [-0.05, 0) is 65.8 Å². The molecule has 1 aromatic heterocycles. The molecular formula is C14H17BrN4OS. The zero-order valence-electron chi connectivity index (χ0n) is 12.1. The lowest BCUT2D eigenvalue weighted by Crippen LogP contribution is -2.06. The molecule has 0 bridgehead atoms. The van der Waals surface area contributed by atoms with Gasteiger partial charge in [0, 0.05) is 6.42 Å². The number of rotatable bonds is 5. The molecule has 5 nitrogen and oxygen atoms in total. The van der Waals surface area contributed by atoms with E-state index in [4.69, 9.17) is 17.0 Å². The van der Waals surface area contributed by atoms with Crippen LogP contribution >= 0.6 is 28.1 Å². The lowest BCUT2D eigenvalue weighted by atomic mass is 10.2. The molecule has 112 valence electrons. The molecule has 0 saturated carbocycles. The summed E-state index contributed by atoms with van der Waals surface area (Å²) < 4.78 is 8.69. The lowest BCUT2D eigenvalue weighted by Gasteiger charge is -2.11. The van der Waals surface area contributed by atoms with Gasteiger partial charge in [0.2, 0.25) is 4.77 Å². The zero-order chi connectivity index (χ0) is 15.4. The maximum Gasteiger partial charge on any atom is 0.216 e. The van der Waals surface area contributed by atoms with Crippen molar-refractivity contribution in [3.05, 3.63) is 38.8 Å². The summed E-state index contributed by atoms with van der Waals surface area (Å²) in [6.45, 7) is 6.00. The minimum Gasteiger partial charge on any atom is -0.490 e. The molecule has 0 aliphatic heterocycles. The van der Waals surface area contributed by atoms with E-state index >= 15 is 0 Å². The van der Waals surface area contributed by atoms with Crippen molar-refractivity contribution in [3.8, 4) is 5.75 Å². The van der Waals surface area contributed by atoms with Gasteiger partial charge in [-0.15, -0.1) is 0 Å². The second kappa shape index (κ2) is 7.00. The summed E-state index contributed by atoms with van der Waals surface area (Å²) in [5, 5.41) is 11.2. The Balaban J connectivity index is 2.23. The van der Waals surface area contributed by atoms with E-state index in [2.05, 4.69) is 31.2 Å². The number of hydrogen-bond acceptors (Lipinski definition) is 4. The number of benzene rings is 1. The highest BCUT2D eigenvalue weighted by Crippen LogP contribution is 2.26. The van der Waals surface area contributed by atoms with Crippen LogP contribution in [-0.2, 0) is 6.42 Å². The number of halogens is 1. The third-order valence-electron chi connectivity index (χ3n) is 2.67. The van der Waals surface area contributed by atoms with Crippen LogP contribution in [0.3, 0.4) is 0 Å². The zero-order valence-corrected chi connectivity index (χ0v) is 14.5. The highest BCUT2D eigenvalue weighted by atomic mass is 79.9. The Morgan fingerprint density at radius 2 is 2.29 bits per heavy atom.